The van der Waals surface area contributed by atoms with Gasteiger partial charge in [0.2, 0.25) is 0 Å². The van der Waals surface area contributed by atoms with Gasteiger partial charge in [-0.05, 0) is 29.3 Å². The highest BCUT2D eigenvalue weighted by molar-refractivity contribution is 5.79. The lowest BCUT2D eigenvalue weighted by atomic mass is 10.1. The second-order valence-corrected chi connectivity index (χ2v) is 7.43. The van der Waals surface area contributed by atoms with Crippen molar-refractivity contribution in [3.8, 4) is 17.4 Å². The summed E-state index contributed by atoms with van der Waals surface area (Å²) in [5, 5.41) is 4.56. The van der Waals surface area contributed by atoms with E-state index < -0.39 is 0 Å². The molecular formula is C23H23N5O4. The smallest absolute Gasteiger partial charge is 0.257 e. The van der Waals surface area contributed by atoms with E-state index in [2.05, 4.69) is 20.1 Å². The van der Waals surface area contributed by atoms with E-state index in [1.54, 1.807) is 32.8 Å². The Kier molecular flexibility index (Phi) is 5.55. The molecule has 0 fully saturated rings. The summed E-state index contributed by atoms with van der Waals surface area (Å²) in [6.07, 6.45) is 5.90. The molecule has 0 N–H and O–H groups in total. The van der Waals surface area contributed by atoms with Crippen molar-refractivity contribution in [2.75, 3.05) is 20.8 Å². The van der Waals surface area contributed by atoms with Crippen LogP contribution in [-0.4, -0.2) is 45.6 Å². The van der Waals surface area contributed by atoms with Gasteiger partial charge in [-0.3, -0.25) is 14.6 Å². The van der Waals surface area contributed by atoms with E-state index in [-0.39, 0.29) is 0 Å². The molecule has 4 aromatic heterocycles. The number of hydrogen-bond acceptors (Lipinski definition) is 8. The Morgan fingerprint density at radius 2 is 2.00 bits per heavy atom. The summed E-state index contributed by atoms with van der Waals surface area (Å²) in [4.78, 5) is 13.4. The molecule has 0 atom stereocenters. The summed E-state index contributed by atoms with van der Waals surface area (Å²) in [6.45, 7) is 2.33. The molecule has 5 rings (SSSR count). The molecule has 0 aliphatic carbocycles. The summed E-state index contributed by atoms with van der Waals surface area (Å²) < 4.78 is 24.1. The van der Waals surface area contributed by atoms with Crippen LogP contribution < -0.4 is 14.2 Å². The first-order valence-corrected chi connectivity index (χ1v) is 10.3. The number of hydrogen-bond donors (Lipinski definition) is 0. The fraction of sp³-hybridized carbons (Fsp3) is 0.304. The van der Waals surface area contributed by atoms with Gasteiger partial charge in [-0.2, -0.15) is 5.10 Å². The average Bonchev–Trinajstić information content (AvgIpc) is 3.26. The molecule has 164 valence electrons. The summed E-state index contributed by atoms with van der Waals surface area (Å²) in [5.74, 6) is 1.68. The lowest BCUT2D eigenvalue weighted by molar-refractivity contribution is 0.0799. The minimum Gasteiger partial charge on any atom is -0.495 e. The molecule has 5 heterocycles. The number of rotatable bonds is 7. The average molecular weight is 433 g/mol. The van der Waals surface area contributed by atoms with Crippen molar-refractivity contribution in [3.63, 3.8) is 0 Å². The van der Waals surface area contributed by atoms with Gasteiger partial charge in [-0.25, -0.2) is 4.98 Å². The molecule has 1 aliphatic rings. The van der Waals surface area contributed by atoms with E-state index in [4.69, 9.17) is 18.9 Å². The summed E-state index contributed by atoms with van der Waals surface area (Å²) in [5.41, 5.74) is 5.54. The lowest BCUT2D eigenvalue weighted by Gasteiger charge is -2.13. The van der Waals surface area contributed by atoms with Gasteiger partial charge in [0.1, 0.15) is 18.1 Å². The number of fused-ring (bicyclic) bond motifs is 2. The van der Waals surface area contributed by atoms with Crippen molar-refractivity contribution in [1.82, 2.24) is 24.7 Å². The van der Waals surface area contributed by atoms with Crippen LogP contribution in [0.1, 0.15) is 22.5 Å². The molecule has 0 saturated heterocycles. The van der Waals surface area contributed by atoms with Crippen molar-refractivity contribution in [1.29, 1.82) is 0 Å². The predicted octanol–water partition coefficient (Wildman–Crippen LogP) is 2.94. The van der Waals surface area contributed by atoms with Crippen molar-refractivity contribution in [2.24, 2.45) is 0 Å². The van der Waals surface area contributed by atoms with Gasteiger partial charge in [-0.1, -0.05) is 0 Å². The van der Waals surface area contributed by atoms with E-state index in [1.807, 2.05) is 28.9 Å². The van der Waals surface area contributed by atoms with Crippen LogP contribution in [0, 0.1) is 0 Å². The summed E-state index contributed by atoms with van der Waals surface area (Å²) in [6, 6.07) is 7.77. The molecule has 0 saturated carbocycles. The number of ether oxygens (including phenoxy) is 4. The Morgan fingerprint density at radius 1 is 1.06 bits per heavy atom. The Balaban J connectivity index is 1.33. The second kappa shape index (κ2) is 8.80. The van der Waals surface area contributed by atoms with E-state index in [9.17, 15) is 0 Å². The van der Waals surface area contributed by atoms with Crippen molar-refractivity contribution in [2.45, 2.75) is 26.2 Å². The second-order valence-electron chi connectivity index (χ2n) is 7.43. The number of pyridine rings is 3. The Bertz CT molecular complexity index is 1230. The van der Waals surface area contributed by atoms with Crippen LogP contribution in [0.5, 0.6) is 17.4 Å². The van der Waals surface area contributed by atoms with Gasteiger partial charge in [0.25, 0.3) is 5.88 Å². The Morgan fingerprint density at radius 3 is 2.84 bits per heavy atom. The van der Waals surface area contributed by atoms with Gasteiger partial charge in [0.15, 0.2) is 5.75 Å². The molecule has 0 radical (unpaired) electrons. The molecule has 0 spiro atoms. The molecule has 9 nitrogen and oxygen atoms in total. The van der Waals surface area contributed by atoms with Crippen LogP contribution in [-0.2, 0) is 30.9 Å². The Labute approximate surface area is 184 Å². The van der Waals surface area contributed by atoms with Gasteiger partial charge in [0, 0.05) is 24.9 Å². The maximum atomic E-state index is 5.90. The van der Waals surface area contributed by atoms with E-state index in [0.29, 0.717) is 43.6 Å². The van der Waals surface area contributed by atoms with Gasteiger partial charge >= 0.3 is 0 Å². The van der Waals surface area contributed by atoms with E-state index in [0.717, 1.165) is 40.1 Å². The minimum absolute atomic E-state index is 0.309. The summed E-state index contributed by atoms with van der Waals surface area (Å²) >= 11 is 0. The van der Waals surface area contributed by atoms with Crippen LogP contribution in [0.15, 0.2) is 42.9 Å². The third kappa shape index (κ3) is 4.06. The highest BCUT2D eigenvalue weighted by Crippen LogP contribution is 2.28. The molecular weight excluding hydrogens is 410 g/mol. The first kappa shape index (κ1) is 20.2. The standard InChI is InChI=1S/C23H23N5O4/c1-29-19-10-20-22(25-12-19)16(3-4-24-20)7-15-8-21(30-2)23(26-11-15)32-13-17-9-18-14-31-6-5-28(18)27-17/h3-4,8-12H,5-7,13-14H2,1-2H3. The van der Waals surface area contributed by atoms with Crippen molar-refractivity contribution >= 4 is 11.0 Å². The maximum absolute atomic E-state index is 5.90. The normalized spacial score (nSPS) is 13.1. The molecule has 0 amide bonds. The zero-order valence-electron chi connectivity index (χ0n) is 17.9. The van der Waals surface area contributed by atoms with Gasteiger partial charge in [-0.15, -0.1) is 0 Å². The number of nitrogens with zero attached hydrogens (tertiary/aromatic N) is 5. The van der Waals surface area contributed by atoms with Crippen LogP contribution in [0.4, 0.5) is 0 Å². The first-order valence-electron chi connectivity index (χ1n) is 10.3. The van der Waals surface area contributed by atoms with Crippen LogP contribution in [0.2, 0.25) is 0 Å². The first-order chi connectivity index (χ1) is 15.7. The number of methoxy groups -OCH3 is 2. The van der Waals surface area contributed by atoms with E-state index in [1.165, 1.54) is 0 Å². The quantitative estimate of drug-likeness (QED) is 0.439. The zero-order chi connectivity index (χ0) is 21.9. The summed E-state index contributed by atoms with van der Waals surface area (Å²) in [7, 11) is 3.22. The van der Waals surface area contributed by atoms with Crippen LogP contribution in [0.25, 0.3) is 11.0 Å². The van der Waals surface area contributed by atoms with Gasteiger partial charge in [0.05, 0.1) is 56.9 Å². The largest absolute Gasteiger partial charge is 0.495 e. The van der Waals surface area contributed by atoms with Gasteiger partial charge < -0.3 is 18.9 Å². The topological polar surface area (TPSA) is 93.4 Å². The minimum atomic E-state index is 0.309. The van der Waals surface area contributed by atoms with E-state index >= 15 is 0 Å². The fourth-order valence-electron chi connectivity index (χ4n) is 3.73. The Hall–Kier alpha value is -3.72. The molecule has 4 aromatic rings. The number of aromatic nitrogens is 5. The third-order valence-corrected chi connectivity index (χ3v) is 5.33. The fourth-order valence-corrected chi connectivity index (χ4v) is 3.73. The maximum Gasteiger partial charge on any atom is 0.257 e. The SMILES string of the molecule is COc1cnc2c(Cc3cnc(OCc4cc5n(n4)CCOC5)c(OC)c3)ccnc2c1. The molecule has 0 unspecified atom stereocenters. The predicted molar refractivity (Wildman–Crippen MR) is 116 cm³/mol. The molecule has 32 heavy (non-hydrogen) atoms. The monoisotopic (exact) mass is 433 g/mol. The van der Waals surface area contributed by atoms with Crippen LogP contribution >= 0.6 is 0 Å². The molecule has 1 aliphatic heterocycles. The van der Waals surface area contributed by atoms with Crippen molar-refractivity contribution in [3.05, 3.63) is 65.4 Å². The molecule has 9 heteroatoms. The zero-order valence-corrected chi connectivity index (χ0v) is 17.9. The molecule has 0 bridgehead atoms. The lowest BCUT2D eigenvalue weighted by Crippen LogP contribution is -2.17. The highest BCUT2D eigenvalue weighted by Gasteiger charge is 2.15. The molecule has 0 aromatic carbocycles. The highest BCUT2D eigenvalue weighted by atomic mass is 16.5. The van der Waals surface area contributed by atoms with Crippen LogP contribution in [0.3, 0.4) is 0 Å². The van der Waals surface area contributed by atoms with Crippen molar-refractivity contribution < 1.29 is 18.9 Å². The third-order valence-electron chi connectivity index (χ3n) is 5.33.